The number of aromatic nitrogens is 1. The van der Waals surface area contributed by atoms with E-state index in [9.17, 15) is 14.7 Å². The van der Waals surface area contributed by atoms with Crippen LogP contribution in [0.1, 0.15) is 20.8 Å². The molecule has 0 aliphatic carbocycles. The zero-order valence-electron chi connectivity index (χ0n) is 11.9. The topological polar surface area (TPSA) is 99.5 Å². The Morgan fingerprint density at radius 1 is 1.00 bits per heavy atom. The maximum atomic E-state index is 12.2. The number of fused-ring (bicyclic) bond motifs is 1. The van der Waals surface area contributed by atoms with E-state index in [1.54, 1.807) is 18.2 Å². The lowest BCUT2D eigenvalue weighted by molar-refractivity contribution is 0.0693. The Morgan fingerprint density at radius 3 is 2.52 bits per heavy atom. The number of hydrogen-bond acceptors (Lipinski definition) is 4. The second kappa shape index (κ2) is 5.76. The molecule has 0 aliphatic heterocycles. The van der Waals surface area contributed by atoms with Gasteiger partial charge in [0.05, 0.1) is 5.52 Å². The van der Waals surface area contributed by atoms with Crippen LogP contribution in [0.15, 0.2) is 54.6 Å². The molecule has 0 aliphatic rings. The van der Waals surface area contributed by atoms with Crippen LogP contribution in [0.4, 0.5) is 5.69 Å². The van der Waals surface area contributed by atoms with E-state index in [2.05, 4.69) is 10.3 Å². The van der Waals surface area contributed by atoms with Gasteiger partial charge in [-0.05, 0) is 24.3 Å². The molecule has 1 heterocycles. The van der Waals surface area contributed by atoms with Crippen molar-refractivity contribution in [3.8, 4) is 5.75 Å². The van der Waals surface area contributed by atoms with E-state index < -0.39 is 17.6 Å². The minimum Gasteiger partial charge on any atom is -0.507 e. The molecule has 0 bridgehead atoms. The second-order valence-corrected chi connectivity index (χ2v) is 4.88. The first kappa shape index (κ1) is 14.5. The first-order chi connectivity index (χ1) is 11.0. The number of pyridine rings is 1. The molecule has 114 valence electrons. The Bertz CT molecular complexity index is 921. The van der Waals surface area contributed by atoms with Crippen LogP contribution >= 0.6 is 0 Å². The van der Waals surface area contributed by atoms with Gasteiger partial charge in [0.1, 0.15) is 17.0 Å². The molecule has 3 aromatic rings. The molecule has 3 rings (SSSR count). The average molecular weight is 308 g/mol. The molecular weight excluding hydrogens is 296 g/mol. The van der Waals surface area contributed by atoms with Gasteiger partial charge in [-0.15, -0.1) is 0 Å². The van der Waals surface area contributed by atoms with E-state index in [1.807, 2.05) is 18.2 Å². The van der Waals surface area contributed by atoms with Crippen LogP contribution in [-0.4, -0.2) is 27.1 Å². The molecule has 0 saturated carbocycles. The number of anilines is 1. The van der Waals surface area contributed by atoms with Gasteiger partial charge in [-0.3, -0.25) is 4.79 Å². The number of nitrogens with zero attached hydrogens (tertiary/aromatic N) is 1. The molecule has 1 amide bonds. The predicted molar refractivity (Wildman–Crippen MR) is 84.8 cm³/mol. The number of para-hydroxylation sites is 1. The normalized spacial score (nSPS) is 10.4. The van der Waals surface area contributed by atoms with Gasteiger partial charge >= 0.3 is 5.97 Å². The first-order valence-electron chi connectivity index (χ1n) is 6.78. The van der Waals surface area contributed by atoms with Crippen molar-refractivity contribution in [3.05, 3.63) is 65.9 Å². The third kappa shape index (κ3) is 2.96. The predicted octanol–water partition coefficient (Wildman–Crippen LogP) is 2.89. The van der Waals surface area contributed by atoms with Gasteiger partial charge in [-0.25, -0.2) is 9.78 Å². The molecule has 0 atom stereocenters. The Labute approximate surface area is 131 Å². The number of aromatic hydroxyl groups is 1. The molecular formula is C17H12N2O4. The van der Waals surface area contributed by atoms with Crippen LogP contribution in [0, 0.1) is 0 Å². The van der Waals surface area contributed by atoms with E-state index in [0.29, 0.717) is 5.52 Å². The van der Waals surface area contributed by atoms with Crippen molar-refractivity contribution in [2.75, 3.05) is 5.32 Å². The maximum absolute atomic E-state index is 12.2. The SMILES string of the molecule is O=C(Nc1ccc(C(=O)O)c(O)c1)c1ccc2ccccc2n1. The van der Waals surface area contributed by atoms with Crippen LogP contribution in [0.5, 0.6) is 5.75 Å². The monoisotopic (exact) mass is 308 g/mol. The highest BCUT2D eigenvalue weighted by molar-refractivity contribution is 6.04. The summed E-state index contributed by atoms with van der Waals surface area (Å²) in [5.41, 5.74) is 0.981. The quantitative estimate of drug-likeness (QED) is 0.691. The smallest absolute Gasteiger partial charge is 0.339 e. The van der Waals surface area contributed by atoms with E-state index in [-0.39, 0.29) is 16.9 Å². The number of amides is 1. The number of phenols is 1. The zero-order valence-corrected chi connectivity index (χ0v) is 11.9. The Morgan fingerprint density at radius 2 is 1.78 bits per heavy atom. The summed E-state index contributed by atoms with van der Waals surface area (Å²) in [5.74, 6) is -2.10. The standard InChI is InChI=1S/C17H12N2O4/c20-15-9-11(6-7-12(15)17(22)23)18-16(21)14-8-5-10-3-1-2-4-13(10)19-14/h1-9,20H,(H,18,21)(H,22,23). The van der Waals surface area contributed by atoms with Crippen molar-refractivity contribution in [3.63, 3.8) is 0 Å². The largest absolute Gasteiger partial charge is 0.507 e. The highest BCUT2D eigenvalue weighted by Gasteiger charge is 2.12. The molecule has 6 heteroatoms. The third-order valence-corrected chi connectivity index (χ3v) is 3.32. The molecule has 1 aromatic heterocycles. The highest BCUT2D eigenvalue weighted by atomic mass is 16.4. The number of carbonyl (C=O) groups excluding carboxylic acids is 1. The first-order valence-corrected chi connectivity index (χ1v) is 6.78. The number of carboxylic acids is 1. The van der Waals surface area contributed by atoms with E-state index in [4.69, 9.17) is 5.11 Å². The molecule has 0 spiro atoms. The number of nitrogens with one attached hydrogen (secondary N) is 1. The van der Waals surface area contributed by atoms with Crippen LogP contribution < -0.4 is 5.32 Å². The minimum absolute atomic E-state index is 0.227. The summed E-state index contributed by atoms with van der Waals surface area (Å²) in [7, 11) is 0. The lowest BCUT2D eigenvalue weighted by atomic mass is 10.1. The Hall–Kier alpha value is -3.41. The summed E-state index contributed by atoms with van der Waals surface area (Å²) in [6.45, 7) is 0. The molecule has 2 aromatic carbocycles. The van der Waals surface area contributed by atoms with E-state index in [0.717, 1.165) is 5.39 Å². The van der Waals surface area contributed by atoms with Crippen molar-refractivity contribution in [1.29, 1.82) is 0 Å². The molecule has 0 fully saturated rings. The fraction of sp³-hybridized carbons (Fsp3) is 0. The van der Waals surface area contributed by atoms with Gasteiger partial charge in [0.2, 0.25) is 0 Å². The number of rotatable bonds is 3. The van der Waals surface area contributed by atoms with E-state index in [1.165, 1.54) is 18.2 Å². The summed E-state index contributed by atoms with van der Waals surface area (Å²) in [6, 6.07) is 14.6. The van der Waals surface area contributed by atoms with E-state index >= 15 is 0 Å². The van der Waals surface area contributed by atoms with Crippen molar-refractivity contribution in [2.45, 2.75) is 0 Å². The summed E-state index contributed by atoms with van der Waals surface area (Å²) in [6.07, 6.45) is 0. The second-order valence-electron chi connectivity index (χ2n) is 4.88. The van der Waals surface area contributed by atoms with Crippen molar-refractivity contribution in [1.82, 2.24) is 4.98 Å². The van der Waals surface area contributed by atoms with Gasteiger partial charge in [-0.1, -0.05) is 24.3 Å². The van der Waals surface area contributed by atoms with Crippen LogP contribution in [0.3, 0.4) is 0 Å². The van der Waals surface area contributed by atoms with Gasteiger partial charge in [0, 0.05) is 17.1 Å². The van der Waals surface area contributed by atoms with Crippen molar-refractivity contribution in [2.24, 2.45) is 0 Å². The van der Waals surface area contributed by atoms with Crippen molar-refractivity contribution >= 4 is 28.5 Å². The lowest BCUT2D eigenvalue weighted by Gasteiger charge is -2.07. The van der Waals surface area contributed by atoms with Gasteiger partial charge in [0.25, 0.3) is 5.91 Å². The fourth-order valence-electron chi connectivity index (χ4n) is 2.18. The molecule has 0 unspecified atom stereocenters. The molecule has 0 radical (unpaired) electrons. The highest BCUT2D eigenvalue weighted by Crippen LogP contribution is 2.22. The van der Waals surface area contributed by atoms with Gasteiger partial charge in [-0.2, -0.15) is 0 Å². The number of benzene rings is 2. The van der Waals surface area contributed by atoms with Gasteiger partial charge < -0.3 is 15.5 Å². The number of aromatic carboxylic acids is 1. The summed E-state index contributed by atoms with van der Waals surface area (Å²) < 4.78 is 0. The fourth-order valence-corrected chi connectivity index (χ4v) is 2.18. The molecule has 0 saturated heterocycles. The Kier molecular flexibility index (Phi) is 3.64. The van der Waals surface area contributed by atoms with Crippen LogP contribution in [0.2, 0.25) is 0 Å². The number of carboxylic acid groups (broad SMARTS) is 1. The maximum Gasteiger partial charge on any atom is 0.339 e. The Balaban J connectivity index is 1.85. The summed E-state index contributed by atoms with van der Waals surface area (Å²) in [4.78, 5) is 27.3. The molecule has 6 nitrogen and oxygen atoms in total. The number of hydrogen-bond donors (Lipinski definition) is 3. The van der Waals surface area contributed by atoms with Crippen LogP contribution in [0.25, 0.3) is 10.9 Å². The minimum atomic E-state index is -1.24. The molecule has 3 N–H and O–H groups in total. The van der Waals surface area contributed by atoms with Crippen molar-refractivity contribution < 1.29 is 19.8 Å². The van der Waals surface area contributed by atoms with Crippen LogP contribution in [-0.2, 0) is 0 Å². The number of carbonyl (C=O) groups is 2. The average Bonchev–Trinajstić information content (AvgIpc) is 2.54. The van der Waals surface area contributed by atoms with Gasteiger partial charge in [0.15, 0.2) is 0 Å². The lowest BCUT2D eigenvalue weighted by Crippen LogP contribution is -2.13. The zero-order chi connectivity index (χ0) is 16.4. The third-order valence-electron chi connectivity index (χ3n) is 3.32. The summed E-state index contributed by atoms with van der Waals surface area (Å²) >= 11 is 0. The summed E-state index contributed by atoms with van der Waals surface area (Å²) in [5, 5.41) is 22.0. The molecule has 23 heavy (non-hydrogen) atoms.